The fraction of sp³-hybridized carbons (Fsp3) is 0.211. The molecular weight excluding hydrogens is 334 g/mol. The molecule has 0 aliphatic heterocycles. The number of azo groups is 1. The number of amides is 1. The second-order valence-corrected chi connectivity index (χ2v) is 5.49. The first-order valence-corrected chi connectivity index (χ1v) is 8.05. The average Bonchev–Trinajstić information content (AvgIpc) is 2.65. The zero-order valence-corrected chi connectivity index (χ0v) is 14.3. The third kappa shape index (κ3) is 7.04. The van der Waals surface area contributed by atoms with Gasteiger partial charge in [-0.2, -0.15) is 10.2 Å². The number of nitrogens with one attached hydrogen (secondary N) is 1. The van der Waals surface area contributed by atoms with Crippen LogP contribution in [0, 0.1) is 0 Å². The molecule has 2 aromatic rings. The topological polar surface area (TPSA) is 97.2 Å². The van der Waals surface area contributed by atoms with Crippen molar-refractivity contribution < 1.29 is 19.1 Å². The highest BCUT2D eigenvalue weighted by Crippen LogP contribution is 2.19. The molecule has 0 spiro atoms. The molecule has 7 nitrogen and oxygen atoms in total. The van der Waals surface area contributed by atoms with Crippen molar-refractivity contribution in [2.75, 3.05) is 11.9 Å². The summed E-state index contributed by atoms with van der Waals surface area (Å²) in [6.07, 6.45) is 0.0865. The molecule has 2 rings (SSSR count). The van der Waals surface area contributed by atoms with Crippen molar-refractivity contribution in [2.45, 2.75) is 19.8 Å². The van der Waals surface area contributed by atoms with E-state index in [4.69, 9.17) is 4.74 Å². The summed E-state index contributed by atoms with van der Waals surface area (Å²) in [7, 11) is 0. The number of rotatable bonds is 8. The Bertz CT molecular complexity index is 786. The second kappa shape index (κ2) is 9.83. The summed E-state index contributed by atoms with van der Waals surface area (Å²) in [5.41, 5.74) is 1.94. The summed E-state index contributed by atoms with van der Waals surface area (Å²) in [6, 6.07) is 16.1. The minimum absolute atomic E-state index is 0.0241. The molecule has 0 unspecified atom stereocenters. The summed E-state index contributed by atoms with van der Waals surface area (Å²) in [5, 5.41) is 10.8. The van der Waals surface area contributed by atoms with Gasteiger partial charge in [0.2, 0.25) is 0 Å². The number of hydrogen-bond acceptors (Lipinski definition) is 6. The van der Waals surface area contributed by atoms with Gasteiger partial charge in [-0.3, -0.25) is 9.59 Å². The van der Waals surface area contributed by atoms with E-state index in [1.165, 1.54) is 6.92 Å². The smallest absolute Gasteiger partial charge is 0.306 e. The molecule has 1 amide bonds. The minimum atomic E-state index is -0.577. The van der Waals surface area contributed by atoms with Crippen molar-refractivity contribution in [2.24, 2.45) is 10.2 Å². The second-order valence-electron chi connectivity index (χ2n) is 5.49. The molecule has 0 fully saturated rings. The summed E-state index contributed by atoms with van der Waals surface area (Å²) in [5.74, 6) is -1.14. The maximum Gasteiger partial charge on any atom is 0.306 e. The summed E-state index contributed by atoms with van der Waals surface area (Å²) in [6.45, 7) is 0.995. The molecule has 0 heterocycles. The number of hydrogen-bond donors (Lipinski definition) is 1. The van der Waals surface area contributed by atoms with Crippen molar-refractivity contribution in [1.82, 2.24) is 0 Å². The van der Waals surface area contributed by atoms with Crippen molar-refractivity contribution >= 4 is 34.7 Å². The number of carbonyl (C=O) groups is 3. The highest BCUT2D eigenvalue weighted by Gasteiger charge is 2.09. The van der Waals surface area contributed by atoms with E-state index < -0.39 is 18.5 Å². The molecular formula is C19H19N3O4. The molecule has 0 aliphatic carbocycles. The maximum absolute atomic E-state index is 11.8. The van der Waals surface area contributed by atoms with Crippen LogP contribution in [-0.4, -0.2) is 24.3 Å². The van der Waals surface area contributed by atoms with Gasteiger partial charge in [0, 0.05) is 12.1 Å². The zero-order valence-electron chi connectivity index (χ0n) is 14.3. The van der Waals surface area contributed by atoms with Crippen LogP contribution in [0.3, 0.4) is 0 Å². The van der Waals surface area contributed by atoms with Crippen LogP contribution in [0.1, 0.15) is 19.8 Å². The van der Waals surface area contributed by atoms with E-state index in [9.17, 15) is 14.4 Å². The lowest BCUT2D eigenvalue weighted by Crippen LogP contribution is -2.21. The van der Waals surface area contributed by atoms with E-state index in [1.807, 2.05) is 30.3 Å². The fourth-order valence-electron chi connectivity index (χ4n) is 1.91. The van der Waals surface area contributed by atoms with Gasteiger partial charge in [0.1, 0.15) is 5.78 Å². The van der Waals surface area contributed by atoms with Crippen LogP contribution < -0.4 is 5.32 Å². The molecule has 1 N–H and O–H groups in total. The number of ether oxygens (including phenoxy) is 1. The molecule has 0 radical (unpaired) electrons. The Morgan fingerprint density at radius 2 is 1.50 bits per heavy atom. The zero-order chi connectivity index (χ0) is 18.8. The van der Waals surface area contributed by atoms with E-state index in [2.05, 4.69) is 15.5 Å². The normalized spacial score (nSPS) is 10.5. The first-order chi connectivity index (χ1) is 12.5. The van der Waals surface area contributed by atoms with Crippen molar-refractivity contribution in [3.8, 4) is 0 Å². The minimum Gasteiger partial charge on any atom is -0.456 e. The maximum atomic E-state index is 11.8. The van der Waals surface area contributed by atoms with Crippen LogP contribution in [0.15, 0.2) is 64.8 Å². The molecule has 0 atom stereocenters. The Morgan fingerprint density at radius 3 is 2.12 bits per heavy atom. The van der Waals surface area contributed by atoms with Crippen LogP contribution in [0.25, 0.3) is 0 Å². The van der Waals surface area contributed by atoms with E-state index in [0.717, 1.165) is 5.69 Å². The molecule has 0 aromatic heterocycles. The molecule has 7 heteroatoms. The number of ketones is 1. The lowest BCUT2D eigenvalue weighted by molar-refractivity contribution is -0.148. The molecule has 0 saturated heterocycles. The van der Waals surface area contributed by atoms with Gasteiger partial charge in [0.05, 0.1) is 17.8 Å². The molecule has 2 aromatic carbocycles. The Labute approximate surface area is 151 Å². The predicted octanol–water partition coefficient (Wildman–Crippen LogP) is 3.95. The Kier molecular flexibility index (Phi) is 7.17. The van der Waals surface area contributed by atoms with Gasteiger partial charge < -0.3 is 14.8 Å². The van der Waals surface area contributed by atoms with Crippen molar-refractivity contribution in [3.05, 3.63) is 54.6 Å². The van der Waals surface area contributed by atoms with Crippen LogP contribution in [-0.2, 0) is 19.1 Å². The number of esters is 1. The third-order valence-corrected chi connectivity index (χ3v) is 3.23. The SMILES string of the molecule is CC(=O)CCC(=O)OCC(=O)Nc1ccc(N=Nc2ccccc2)cc1. The molecule has 26 heavy (non-hydrogen) atoms. The predicted molar refractivity (Wildman–Crippen MR) is 96.6 cm³/mol. The quantitative estimate of drug-likeness (QED) is 0.574. The molecule has 0 bridgehead atoms. The summed E-state index contributed by atoms with van der Waals surface area (Å²) in [4.78, 5) is 33.9. The Balaban J connectivity index is 1.79. The highest BCUT2D eigenvalue weighted by molar-refractivity contribution is 5.93. The average molecular weight is 353 g/mol. The number of benzene rings is 2. The van der Waals surface area contributed by atoms with Crippen LogP contribution in [0.4, 0.5) is 17.1 Å². The molecule has 0 aliphatic rings. The summed E-state index contributed by atoms with van der Waals surface area (Å²) < 4.78 is 4.80. The number of carbonyl (C=O) groups excluding carboxylic acids is 3. The molecule has 134 valence electrons. The van der Waals surface area contributed by atoms with E-state index >= 15 is 0 Å². The van der Waals surface area contributed by atoms with E-state index in [-0.39, 0.29) is 18.6 Å². The summed E-state index contributed by atoms with van der Waals surface area (Å²) >= 11 is 0. The molecule has 0 saturated carbocycles. The van der Waals surface area contributed by atoms with Gasteiger partial charge >= 0.3 is 5.97 Å². The van der Waals surface area contributed by atoms with E-state index in [0.29, 0.717) is 11.4 Å². The van der Waals surface area contributed by atoms with Gasteiger partial charge in [0.15, 0.2) is 6.61 Å². The fourth-order valence-corrected chi connectivity index (χ4v) is 1.91. The van der Waals surface area contributed by atoms with Gasteiger partial charge in [-0.25, -0.2) is 0 Å². The van der Waals surface area contributed by atoms with Gasteiger partial charge in [-0.1, -0.05) is 18.2 Å². The monoisotopic (exact) mass is 353 g/mol. The van der Waals surface area contributed by atoms with Crippen LogP contribution >= 0.6 is 0 Å². The Hall–Kier alpha value is -3.35. The van der Waals surface area contributed by atoms with E-state index in [1.54, 1.807) is 24.3 Å². The standard InChI is InChI=1S/C19H19N3O4/c1-14(23)7-12-19(25)26-13-18(24)20-15-8-10-17(11-9-15)22-21-16-5-3-2-4-6-16/h2-6,8-11H,7,12-13H2,1H3,(H,20,24). The number of nitrogens with zero attached hydrogens (tertiary/aromatic N) is 2. The van der Waals surface area contributed by atoms with Gasteiger partial charge in [-0.05, 0) is 43.3 Å². The first kappa shape index (κ1) is 19.0. The van der Waals surface area contributed by atoms with Crippen molar-refractivity contribution in [1.29, 1.82) is 0 Å². The lowest BCUT2D eigenvalue weighted by Gasteiger charge is -2.06. The first-order valence-electron chi connectivity index (χ1n) is 8.05. The van der Waals surface area contributed by atoms with Crippen LogP contribution in [0.2, 0.25) is 0 Å². The third-order valence-electron chi connectivity index (χ3n) is 3.23. The van der Waals surface area contributed by atoms with Crippen molar-refractivity contribution in [3.63, 3.8) is 0 Å². The number of Topliss-reactive ketones (excluding diaryl/α,β-unsaturated/α-hetero) is 1. The lowest BCUT2D eigenvalue weighted by atomic mass is 10.2. The highest BCUT2D eigenvalue weighted by atomic mass is 16.5. The van der Waals surface area contributed by atoms with Crippen LogP contribution in [0.5, 0.6) is 0 Å². The number of anilines is 1. The van der Waals surface area contributed by atoms with Gasteiger partial charge in [0.25, 0.3) is 5.91 Å². The van der Waals surface area contributed by atoms with Gasteiger partial charge in [-0.15, -0.1) is 0 Å². The largest absolute Gasteiger partial charge is 0.456 e. The Morgan fingerprint density at radius 1 is 0.885 bits per heavy atom.